The highest BCUT2D eigenvalue weighted by Crippen LogP contribution is 2.23. The molecule has 22 heavy (non-hydrogen) atoms. The number of nitrogens with two attached hydrogens (primary N) is 1. The summed E-state index contributed by atoms with van der Waals surface area (Å²) in [5, 5.41) is 10.2. The maximum atomic E-state index is 10.2. The number of aromatic nitrogens is 2. The predicted octanol–water partition coefficient (Wildman–Crippen LogP) is 1.25. The van der Waals surface area contributed by atoms with E-state index >= 15 is 0 Å². The number of hydrogen-bond acceptors (Lipinski definition) is 6. The third-order valence-electron chi connectivity index (χ3n) is 3.69. The summed E-state index contributed by atoms with van der Waals surface area (Å²) in [6.45, 7) is 3.02. The van der Waals surface area contributed by atoms with Gasteiger partial charge in [0, 0.05) is 19.0 Å². The van der Waals surface area contributed by atoms with Crippen molar-refractivity contribution in [1.29, 1.82) is 0 Å². The molecule has 0 amide bonds. The lowest BCUT2D eigenvalue weighted by Crippen LogP contribution is -2.30. The normalized spacial score (nSPS) is 21.1. The number of β-amino-alcohol motifs (C(OH)–C–C–N with tert-alkyl or cyclic N) is 1. The van der Waals surface area contributed by atoms with Gasteiger partial charge in [0.05, 0.1) is 6.54 Å². The third-order valence-corrected chi connectivity index (χ3v) is 3.69. The third kappa shape index (κ3) is 3.12. The number of anilines is 2. The minimum Gasteiger partial charge on any atom is -0.486 e. The van der Waals surface area contributed by atoms with Crippen molar-refractivity contribution in [3.05, 3.63) is 42.2 Å². The summed E-state index contributed by atoms with van der Waals surface area (Å²) in [6, 6.07) is 11.2. The van der Waals surface area contributed by atoms with Crippen molar-refractivity contribution in [1.82, 2.24) is 9.97 Å². The molecule has 2 aromatic rings. The van der Waals surface area contributed by atoms with Gasteiger partial charge < -0.3 is 20.5 Å². The van der Waals surface area contributed by atoms with Crippen LogP contribution >= 0.6 is 0 Å². The van der Waals surface area contributed by atoms with Gasteiger partial charge in [0.1, 0.15) is 35.4 Å². The monoisotopic (exact) mass is 300 g/mol. The van der Waals surface area contributed by atoms with Crippen LogP contribution in [0.1, 0.15) is 12.7 Å². The van der Waals surface area contributed by atoms with E-state index in [4.69, 9.17) is 10.5 Å². The van der Waals surface area contributed by atoms with Crippen molar-refractivity contribution < 1.29 is 9.84 Å². The topological polar surface area (TPSA) is 84.5 Å². The molecule has 0 spiro atoms. The second-order valence-electron chi connectivity index (χ2n) is 5.36. The molecule has 2 heterocycles. The van der Waals surface area contributed by atoms with Crippen molar-refractivity contribution in [2.45, 2.75) is 25.6 Å². The minimum absolute atomic E-state index is 0.288. The molecule has 0 bridgehead atoms. The summed E-state index contributed by atoms with van der Waals surface area (Å²) in [5.74, 6) is 2.65. The molecule has 1 aromatic heterocycles. The van der Waals surface area contributed by atoms with Crippen LogP contribution in [-0.2, 0) is 6.42 Å². The van der Waals surface area contributed by atoms with E-state index in [0.717, 1.165) is 18.0 Å². The Bertz CT molecular complexity index is 635. The zero-order valence-corrected chi connectivity index (χ0v) is 12.5. The predicted molar refractivity (Wildman–Crippen MR) is 84.9 cm³/mol. The Kier molecular flexibility index (Phi) is 4.11. The smallest absolute Gasteiger partial charge is 0.144 e. The van der Waals surface area contributed by atoms with Crippen molar-refractivity contribution in [2.24, 2.45) is 0 Å². The van der Waals surface area contributed by atoms with E-state index < -0.39 is 6.10 Å². The molecule has 1 saturated heterocycles. The zero-order valence-electron chi connectivity index (χ0n) is 12.5. The second kappa shape index (κ2) is 6.19. The number of nitrogen functional groups attached to an aromatic ring is 1. The molecule has 3 rings (SSSR count). The Morgan fingerprint density at radius 3 is 2.77 bits per heavy atom. The fraction of sp³-hybridized carbons (Fsp3) is 0.375. The van der Waals surface area contributed by atoms with Crippen LogP contribution < -0.4 is 15.4 Å². The first-order chi connectivity index (χ1) is 10.7. The summed E-state index contributed by atoms with van der Waals surface area (Å²) in [6.07, 6.45) is -0.136. The Balaban J connectivity index is 1.74. The molecule has 6 nitrogen and oxygen atoms in total. The summed E-state index contributed by atoms with van der Waals surface area (Å²) in [4.78, 5) is 10.6. The van der Waals surface area contributed by atoms with Gasteiger partial charge in [0.2, 0.25) is 0 Å². The summed E-state index contributed by atoms with van der Waals surface area (Å²) >= 11 is 0. The second-order valence-corrected chi connectivity index (χ2v) is 5.36. The van der Waals surface area contributed by atoms with E-state index in [1.54, 1.807) is 6.07 Å². The number of para-hydroxylation sites is 1. The largest absolute Gasteiger partial charge is 0.486 e. The fourth-order valence-electron chi connectivity index (χ4n) is 2.56. The van der Waals surface area contributed by atoms with Gasteiger partial charge in [0.15, 0.2) is 0 Å². The fourth-order valence-corrected chi connectivity index (χ4v) is 2.56. The number of rotatable bonds is 4. The van der Waals surface area contributed by atoms with Gasteiger partial charge in [0.25, 0.3) is 0 Å². The summed E-state index contributed by atoms with van der Waals surface area (Å²) < 4.78 is 5.86. The van der Waals surface area contributed by atoms with E-state index in [1.165, 1.54) is 0 Å². The summed E-state index contributed by atoms with van der Waals surface area (Å²) in [5.41, 5.74) is 5.82. The van der Waals surface area contributed by atoms with Gasteiger partial charge in [-0.1, -0.05) is 25.1 Å². The Hall–Kier alpha value is -2.34. The molecule has 1 aliphatic heterocycles. The maximum Gasteiger partial charge on any atom is 0.144 e. The number of aliphatic hydroxyl groups excluding tert-OH is 1. The molecule has 1 aliphatic rings. The first-order valence-electron chi connectivity index (χ1n) is 7.44. The molecule has 116 valence electrons. The standard InChI is InChI=1S/C16H20N4O2/c1-2-15-18-14(17)8-16(19-15)20-9-12(21)13(10-20)22-11-6-4-3-5-7-11/h3-8,12-13,21H,2,9-10H2,1H3,(H2,17,18,19)/t12-,13-/m1/s1. The number of hydrogen-bond donors (Lipinski definition) is 2. The van der Waals surface area contributed by atoms with Gasteiger partial charge in [-0.05, 0) is 12.1 Å². The van der Waals surface area contributed by atoms with E-state index in [9.17, 15) is 5.11 Å². The number of benzene rings is 1. The summed E-state index contributed by atoms with van der Waals surface area (Å²) in [7, 11) is 0. The van der Waals surface area contributed by atoms with Crippen molar-refractivity contribution in [2.75, 3.05) is 23.7 Å². The van der Waals surface area contributed by atoms with E-state index in [1.807, 2.05) is 42.2 Å². The lowest BCUT2D eigenvalue weighted by atomic mass is 10.2. The van der Waals surface area contributed by atoms with Crippen molar-refractivity contribution >= 4 is 11.6 Å². The van der Waals surface area contributed by atoms with Gasteiger partial charge in [-0.3, -0.25) is 0 Å². The average molecular weight is 300 g/mol. The SMILES string of the molecule is CCc1nc(N)cc(N2C[C@@H](O)[C@H](Oc3ccccc3)C2)n1. The molecule has 2 atom stereocenters. The molecule has 1 fully saturated rings. The molecular weight excluding hydrogens is 280 g/mol. The van der Waals surface area contributed by atoms with Crippen molar-refractivity contribution in [3.8, 4) is 5.75 Å². The lowest BCUT2D eigenvalue weighted by Gasteiger charge is -2.18. The highest BCUT2D eigenvalue weighted by atomic mass is 16.5. The van der Waals surface area contributed by atoms with Crippen LogP contribution in [0.5, 0.6) is 5.75 Å². The Morgan fingerprint density at radius 1 is 1.27 bits per heavy atom. The lowest BCUT2D eigenvalue weighted by molar-refractivity contribution is 0.0738. The molecule has 3 N–H and O–H groups in total. The van der Waals surface area contributed by atoms with Crippen molar-refractivity contribution in [3.63, 3.8) is 0 Å². The van der Waals surface area contributed by atoms with Gasteiger partial charge in [-0.15, -0.1) is 0 Å². The first kappa shape index (κ1) is 14.6. The zero-order chi connectivity index (χ0) is 15.5. The van der Waals surface area contributed by atoms with Crippen LogP contribution in [0.25, 0.3) is 0 Å². The average Bonchev–Trinajstić information content (AvgIpc) is 2.89. The maximum absolute atomic E-state index is 10.2. The van der Waals surface area contributed by atoms with E-state index in [2.05, 4.69) is 9.97 Å². The van der Waals surface area contributed by atoms with Gasteiger partial charge in [-0.2, -0.15) is 0 Å². The van der Waals surface area contributed by atoms with Crippen LogP contribution in [0.15, 0.2) is 36.4 Å². The highest BCUT2D eigenvalue weighted by Gasteiger charge is 2.34. The quantitative estimate of drug-likeness (QED) is 0.884. The van der Waals surface area contributed by atoms with Crippen LogP contribution in [0, 0.1) is 0 Å². The molecule has 6 heteroatoms. The molecule has 0 unspecified atom stereocenters. The minimum atomic E-state index is -0.568. The number of aryl methyl sites for hydroxylation is 1. The van der Waals surface area contributed by atoms with E-state index in [-0.39, 0.29) is 6.10 Å². The Labute approximate surface area is 129 Å². The van der Waals surface area contributed by atoms with Gasteiger partial charge in [-0.25, -0.2) is 9.97 Å². The number of nitrogens with zero attached hydrogens (tertiary/aromatic N) is 3. The van der Waals surface area contributed by atoms with Gasteiger partial charge >= 0.3 is 0 Å². The van der Waals surface area contributed by atoms with Crippen LogP contribution in [0.2, 0.25) is 0 Å². The van der Waals surface area contributed by atoms with Crippen LogP contribution in [-0.4, -0.2) is 40.4 Å². The number of aliphatic hydroxyl groups is 1. The van der Waals surface area contributed by atoms with Crippen LogP contribution in [0.4, 0.5) is 11.6 Å². The van der Waals surface area contributed by atoms with Crippen LogP contribution in [0.3, 0.4) is 0 Å². The number of ether oxygens (including phenoxy) is 1. The molecule has 1 aromatic carbocycles. The molecule has 0 aliphatic carbocycles. The molecule has 0 radical (unpaired) electrons. The van der Waals surface area contributed by atoms with E-state index in [0.29, 0.717) is 24.7 Å². The highest BCUT2D eigenvalue weighted by molar-refractivity contribution is 5.48. The molecular formula is C16H20N4O2. The Morgan fingerprint density at radius 2 is 2.05 bits per heavy atom. The molecule has 0 saturated carbocycles. The first-order valence-corrected chi connectivity index (χ1v) is 7.44.